The molecule has 15 heteroatoms. The fraction of sp³-hybridized carbons (Fsp3) is 0.525. The molecule has 4 aliphatic rings. The van der Waals surface area contributed by atoms with Crippen molar-refractivity contribution in [3.05, 3.63) is 58.6 Å². The molecule has 2 amide bonds. The van der Waals surface area contributed by atoms with Gasteiger partial charge in [0.25, 0.3) is 12.3 Å². The minimum atomic E-state index is -2.84. The Morgan fingerprint density at radius 1 is 1.04 bits per heavy atom. The molecule has 8 rings (SSSR count). The molecule has 1 saturated heterocycles. The third kappa shape index (κ3) is 6.05. The number of rotatable bonds is 9. The monoisotopic (exact) mass is 780 g/mol. The first-order chi connectivity index (χ1) is 26.0. The Hall–Kier alpha value is -4.30. The molecule has 0 bridgehead atoms. The Balaban J connectivity index is 1.17. The normalized spacial score (nSPS) is 24.4. The van der Waals surface area contributed by atoms with Gasteiger partial charge < -0.3 is 20.1 Å². The lowest BCUT2D eigenvalue weighted by atomic mass is 9.70. The summed E-state index contributed by atoms with van der Waals surface area (Å²) in [6.45, 7) is 13.3. The zero-order valence-electron chi connectivity index (χ0n) is 31.7. The van der Waals surface area contributed by atoms with E-state index in [1.54, 1.807) is 18.6 Å². The van der Waals surface area contributed by atoms with Crippen molar-refractivity contribution in [1.29, 1.82) is 0 Å². The maximum absolute atomic E-state index is 15.6. The van der Waals surface area contributed by atoms with Gasteiger partial charge in [-0.15, -0.1) is 0 Å². The number of amides is 2. The van der Waals surface area contributed by atoms with Gasteiger partial charge in [-0.1, -0.05) is 18.0 Å². The summed E-state index contributed by atoms with van der Waals surface area (Å²) >= 11 is 6.08. The van der Waals surface area contributed by atoms with Crippen LogP contribution < -0.4 is 15.5 Å². The van der Waals surface area contributed by atoms with E-state index in [2.05, 4.69) is 34.4 Å². The zero-order chi connectivity index (χ0) is 39.4. The summed E-state index contributed by atoms with van der Waals surface area (Å²) in [5.74, 6) is -3.85. The van der Waals surface area contributed by atoms with Crippen molar-refractivity contribution in [1.82, 2.24) is 29.7 Å². The van der Waals surface area contributed by atoms with Crippen molar-refractivity contribution in [2.45, 2.75) is 128 Å². The Kier molecular flexibility index (Phi) is 8.99. The van der Waals surface area contributed by atoms with Gasteiger partial charge in [0.2, 0.25) is 5.91 Å². The number of pyridine rings is 2. The molecule has 55 heavy (non-hydrogen) atoms. The molecule has 0 spiro atoms. The number of fused-ring (bicyclic) bond motifs is 2. The van der Waals surface area contributed by atoms with Crippen LogP contribution in [0.2, 0.25) is 5.02 Å². The maximum Gasteiger partial charge on any atom is 0.261 e. The average Bonchev–Trinajstić information content (AvgIpc) is 3.73. The second-order valence-corrected chi connectivity index (χ2v) is 17.3. The zero-order valence-corrected chi connectivity index (χ0v) is 32.5. The molecular weight excluding hydrogens is 736 g/mol. The molecule has 2 aliphatic heterocycles. The van der Waals surface area contributed by atoms with E-state index < -0.39 is 51.2 Å². The second-order valence-electron chi connectivity index (χ2n) is 16.9. The van der Waals surface area contributed by atoms with Crippen molar-refractivity contribution in [2.24, 2.45) is 0 Å². The van der Waals surface area contributed by atoms with E-state index in [9.17, 15) is 18.4 Å². The summed E-state index contributed by atoms with van der Waals surface area (Å²) in [6, 6.07) is 5.06. The number of halogens is 5. The van der Waals surface area contributed by atoms with Gasteiger partial charge >= 0.3 is 0 Å². The number of nitrogens with one attached hydrogen (secondary N) is 2. The minimum Gasteiger partial charge on any atom is -0.341 e. The van der Waals surface area contributed by atoms with Crippen LogP contribution in [-0.4, -0.2) is 72.4 Å². The van der Waals surface area contributed by atoms with Crippen molar-refractivity contribution >= 4 is 51.6 Å². The van der Waals surface area contributed by atoms with Crippen molar-refractivity contribution in [3.8, 4) is 11.3 Å². The molecule has 2 aliphatic carbocycles. The fourth-order valence-electron chi connectivity index (χ4n) is 8.91. The third-order valence-corrected chi connectivity index (χ3v) is 12.7. The molecule has 5 heterocycles. The number of aromatic nitrogens is 4. The van der Waals surface area contributed by atoms with Crippen molar-refractivity contribution < 1.29 is 27.2 Å². The molecular formula is C40H45ClF4N8O2. The number of likely N-dealkylation sites (tertiary alicyclic amines) is 1. The van der Waals surface area contributed by atoms with Crippen LogP contribution in [0, 0.1) is 11.6 Å². The lowest BCUT2D eigenvalue weighted by molar-refractivity contribution is -0.124. The number of imidazole rings is 1. The number of hydrogen-bond acceptors (Lipinski definition) is 7. The first kappa shape index (κ1) is 37.6. The highest BCUT2D eigenvalue weighted by atomic mass is 35.5. The second kappa shape index (κ2) is 13.1. The molecule has 2 N–H and O–H groups in total. The number of piperidine rings is 1. The van der Waals surface area contributed by atoms with Crippen LogP contribution in [0.4, 0.5) is 34.8 Å². The third-order valence-electron chi connectivity index (χ3n) is 12.3. The van der Waals surface area contributed by atoms with Crippen LogP contribution in [0.25, 0.3) is 22.3 Å². The van der Waals surface area contributed by atoms with Gasteiger partial charge in [0.15, 0.2) is 17.5 Å². The number of benzene rings is 1. The number of carbonyl (C=O) groups excluding carboxylic acids is 2. The van der Waals surface area contributed by atoms with Crippen molar-refractivity contribution in [3.63, 3.8) is 0 Å². The molecule has 3 aromatic heterocycles. The van der Waals surface area contributed by atoms with E-state index in [1.165, 1.54) is 19.3 Å². The fourth-order valence-corrected chi connectivity index (χ4v) is 9.13. The predicted octanol–water partition coefficient (Wildman–Crippen LogP) is 8.70. The highest BCUT2D eigenvalue weighted by Crippen LogP contribution is 2.50. The molecule has 1 aromatic carbocycles. The Morgan fingerprint density at radius 2 is 1.76 bits per heavy atom. The van der Waals surface area contributed by atoms with Gasteiger partial charge in [-0.05, 0) is 105 Å². The largest absolute Gasteiger partial charge is 0.341 e. The molecule has 0 radical (unpaired) electrons. The molecule has 0 unspecified atom stereocenters. The molecule has 292 valence electrons. The first-order valence-corrected chi connectivity index (χ1v) is 19.4. The maximum atomic E-state index is 15.6. The van der Waals surface area contributed by atoms with E-state index in [1.807, 2.05) is 43.2 Å². The van der Waals surface area contributed by atoms with E-state index in [4.69, 9.17) is 21.6 Å². The lowest BCUT2D eigenvalue weighted by Crippen LogP contribution is -2.65. The standard InChI is InChI=1S/C40H45ClF4N8O2/c1-20(2)51-19-47-27-15-25(48-34(32(27)51)49-26-14-24(29(41)31(43)30(26)42)35(54)50-40(10-11-40)36(44)45)22-13-28-33(46-18-22)38(4,5)37(55)53(28)23-16-39(6,17-23)52-12-8-7-9-21(52)3/h13-15,18-21,23,36H,7-12,16-17H2,1-6H3,(H,48,49)(H,50,54)/t21-,23-,39+/m0/s1. The van der Waals surface area contributed by atoms with Crippen LogP contribution in [-0.2, 0) is 10.2 Å². The Morgan fingerprint density at radius 3 is 2.42 bits per heavy atom. The quantitative estimate of drug-likeness (QED) is 0.129. The van der Waals surface area contributed by atoms with Crippen LogP contribution in [0.1, 0.15) is 109 Å². The van der Waals surface area contributed by atoms with E-state index in [0.29, 0.717) is 39.7 Å². The van der Waals surface area contributed by atoms with E-state index in [0.717, 1.165) is 25.5 Å². The highest BCUT2D eigenvalue weighted by Gasteiger charge is 2.56. The van der Waals surface area contributed by atoms with Gasteiger partial charge in [0.1, 0.15) is 11.1 Å². The molecule has 4 aromatic rings. The van der Waals surface area contributed by atoms with Gasteiger partial charge in [0.05, 0.1) is 50.6 Å². The van der Waals surface area contributed by atoms with Gasteiger partial charge in [-0.3, -0.25) is 19.5 Å². The SMILES string of the molecule is CC(C)n1cnc2cc(-c3cnc4c(c3)N([C@H]3C[C@@](C)(N5CCCC[C@@H]5C)C3)C(=O)C4(C)C)nc(Nc3cc(C(=O)NC4(C(F)F)CC4)c(Cl)c(F)c3F)c21. The summed E-state index contributed by atoms with van der Waals surface area (Å²) in [6.07, 6.45) is 5.81. The first-order valence-electron chi connectivity index (χ1n) is 19.0. The summed E-state index contributed by atoms with van der Waals surface area (Å²) in [4.78, 5) is 46.0. The number of nitrogens with zero attached hydrogens (tertiary/aromatic N) is 6. The lowest BCUT2D eigenvalue weighted by Gasteiger charge is -2.57. The number of hydrogen-bond donors (Lipinski definition) is 2. The molecule has 2 saturated carbocycles. The Bertz CT molecular complexity index is 2230. The van der Waals surface area contributed by atoms with Crippen LogP contribution >= 0.6 is 11.6 Å². The summed E-state index contributed by atoms with van der Waals surface area (Å²) < 4.78 is 60.0. The highest BCUT2D eigenvalue weighted by molar-refractivity contribution is 6.34. The smallest absolute Gasteiger partial charge is 0.261 e. The number of alkyl halides is 2. The molecule has 3 fully saturated rings. The molecule has 10 nitrogen and oxygen atoms in total. The minimum absolute atomic E-state index is 0.00303. The van der Waals surface area contributed by atoms with Crippen LogP contribution in [0.5, 0.6) is 0 Å². The number of carbonyl (C=O) groups is 2. The molecule has 1 atom stereocenters. The van der Waals surface area contributed by atoms with E-state index in [-0.39, 0.29) is 42.2 Å². The van der Waals surface area contributed by atoms with Crippen LogP contribution in [0.15, 0.2) is 30.7 Å². The van der Waals surface area contributed by atoms with E-state index >= 15 is 8.78 Å². The van der Waals surface area contributed by atoms with Crippen LogP contribution in [0.3, 0.4) is 0 Å². The average molecular weight is 781 g/mol. The summed E-state index contributed by atoms with van der Waals surface area (Å²) in [5, 5.41) is 4.30. The van der Waals surface area contributed by atoms with Crippen molar-refractivity contribution in [2.75, 3.05) is 16.8 Å². The topological polar surface area (TPSA) is 108 Å². The van der Waals surface area contributed by atoms with Gasteiger partial charge in [0, 0.05) is 35.4 Å². The predicted molar refractivity (Wildman–Crippen MR) is 203 cm³/mol. The summed E-state index contributed by atoms with van der Waals surface area (Å²) in [5.41, 5.74) is -0.210. The number of anilines is 3. The van der Waals surface area contributed by atoms with Gasteiger partial charge in [-0.25, -0.2) is 27.5 Å². The Labute approximate surface area is 322 Å². The summed E-state index contributed by atoms with van der Waals surface area (Å²) in [7, 11) is 0. The van der Waals surface area contributed by atoms with Gasteiger partial charge in [-0.2, -0.15) is 0 Å².